The Kier molecular flexibility index (Phi) is 8.88. The quantitative estimate of drug-likeness (QED) is 0.465. The lowest BCUT2D eigenvalue weighted by Gasteiger charge is -2.07. The summed E-state index contributed by atoms with van der Waals surface area (Å²) in [6.07, 6.45) is 3.86. The molecule has 73 valence electrons. The van der Waals surface area contributed by atoms with E-state index in [0.717, 1.165) is 19.4 Å². The summed E-state index contributed by atoms with van der Waals surface area (Å²) < 4.78 is 0. The first-order valence-electron chi connectivity index (χ1n) is 4.60. The molecule has 0 spiro atoms. The molecule has 0 aliphatic rings. The van der Waals surface area contributed by atoms with Crippen LogP contribution in [0.2, 0.25) is 0 Å². The third-order valence-electron chi connectivity index (χ3n) is 1.69. The second-order valence-corrected chi connectivity index (χ2v) is 2.95. The third-order valence-corrected chi connectivity index (χ3v) is 1.69. The molecule has 3 heteroatoms. The highest BCUT2D eigenvalue weighted by Gasteiger charge is 1.98. The van der Waals surface area contributed by atoms with Crippen LogP contribution >= 0.6 is 0 Å². The van der Waals surface area contributed by atoms with Crippen molar-refractivity contribution in [3.8, 4) is 0 Å². The lowest BCUT2D eigenvalue weighted by molar-refractivity contribution is 0.0945. The minimum atomic E-state index is -0.613. The fraction of sp³-hybridized carbons (Fsp3) is 0.889. The van der Waals surface area contributed by atoms with Crippen LogP contribution in [-0.4, -0.2) is 36.0 Å². The van der Waals surface area contributed by atoms with E-state index in [-0.39, 0.29) is 6.61 Å². The zero-order valence-corrected chi connectivity index (χ0v) is 7.63. The first-order chi connectivity index (χ1) is 5.81. The number of hydrogen-bond acceptors (Lipinski definition) is 3. The third kappa shape index (κ3) is 7.98. The van der Waals surface area contributed by atoms with E-state index in [4.69, 9.17) is 10.2 Å². The van der Waals surface area contributed by atoms with Crippen molar-refractivity contribution in [1.82, 2.24) is 5.32 Å². The van der Waals surface area contributed by atoms with Crippen LogP contribution in [0, 0.1) is 6.92 Å². The molecular formula is C9H20NO2. The summed E-state index contributed by atoms with van der Waals surface area (Å²) in [5.41, 5.74) is 0. The van der Waals surface area contributed by atoms with Gasteiger partial charge in [-0.1, -0.05) is 26.2 Å². The molecule has 0 rings (SSSR count). The molecule has 0 amide bonds. The second kappa shape index (κ2) is 8.97. The van der Waals surface area contributed by atoms with Crippen LogP contribution < -0.4 is 5.32 Å². The molecule has 1 radical (unpaired) electrons. The molecule has 3 N–H and O–H groups in total. The van der Waals surface area contributed by atoms with Crippen molar-refractivity contribution in [3.05, 3.63) is 6.92 Å². The lowest BCUT2D eigenvalue weighted by Crippen LogP contribution is -2.29. The van der Waals surface area contributed by atoms with Crippen LogP contribution in [0.15, 0.2) is 0 Å². The highest BCUT2D eigenvalue weighted by Crippen LogP contribution is 1.96. The molecule has 0 bridgehead atoms. The van der Waals surface area contributed by atoms with Crippen LogP contribution in [0.3, 0.4) is 0 Å². The molecule has 0 saturated carbocycles. The van der Waals surface area contributed by atoms with Gasteiger partial charge in [0.15, 0.2) is 0 Å². The summed E-state index contributed by atoms with van der Waals surface area (Å²) in [5.74, 6) is 0. The molecule has 0 aromatic heterocycles. The van der Waals surface area contributed by atoms with Crippen molar-refractivity contribution in [2.24, 2.45) is 0 Å². The van der Waals surface area contributed by atoms with Crippen LogP contribution in [0.5, 0.6) is 0 Å². The average molecular weight is 174 g/mol. The van der Waals surface area contributed by atoms with Crippen LogP contribution in [0.1, 0.15) is 25.7 Å². The first-order valence-corrected chi connectivity index (χ1v) is 4.60. The Morgan fingerprint density at radius 2 is 2.00 bits per heavy atom. The molecule has 3 nitrogen and oxygen atoms in total. The van der Waals surface area contributed by atoms with E-state index < -0.39 is 6.10 Å². The van der Waals surface area contributed by atoms with Crippen molar-refractivity contribution in [2.75, 3.05) is 19.7 Å². The van der Waals surface area contributed by atoms with E-state index in [1.807, 2.05) is 0 Å². The van der Waals surface area contributed by atoms with Crippen molar-refractivity contribution in [3.63, 3.8) is 0 Å². The van der Waals surface area contributed by atoms with Crippen LogP contribution in [0.25, 0.3) is 0 Å². The molecule has 0 aromatic rings. The smallest absolute Gasteiger partial charge is 0.0894 e. The van der Waals surface area contributed by atoms with E-state index in [9.17, 15) is 0 Å². The zero-order valence-electron chi connectivity index (χ0n) is 7.63. The Balaban J connectivity index is 2.90. The monoisotopic (exact) mass is 174 g/mol. The van der Waals surface area contributed by atoms with Gasteiger partial charge in [0.2, 0.25) is 0 Å². The molecule has 0 saturated heterocycles. The van der Waals surface area contributed by atoms with Crippen molar-refractivity contribution >= 4 is 0 Å². The zero-order chi connectivity index (χ0) is 9.23. The van der Waals surface area contributed by atoms with Crippen molar-refractivity contribution in [2.45, 2.75) is 31.8 Å². The number of aliphatic hydroxyl groups is 2. The van der Waals surface area contributed by atoms with Crippen LogP contribution in [0.4, 0.5) is 0 Å². The minimum Gasteiger partial charge on any atom is -0.394 e. The highest BCUT2D eigenvalue weighted by atomic mass is 16.3. The van der Waals surface area contributed by atoms with Gasteiger partial charge >= 0.3 is 0 Å². The van der Waals surface area contributed by atoms with Gasteiger partial charge in [0.05, 0.1) is 12.7 Å². The summed E-state index contributed by atoms with van der Waals surface area (Å²) in [6.45, 7) is 4.99. The Bertz CT molecular complexity index is 88.6. The first kappa shape index (κ1) is 11.9. The maximum absolute atomic E-state index is 8.94. The van der Waals surface area contributed by atoms with Gasteiger partial charge < -0.3 is 15.5 Å². The number of nitrogens with one attached hydrogen (secondary N) is 1. The largest absolute Gasteiger partial charge is 0.394 e. The molecule has 0 aliphatic carbocycles. The van der Waals surface area contributed by atoms with E-state index in [1.165, 1.54) is 12.8 Å². The summed E-state index contributed by atoms with van der Waals surface area (Å²) in [4.78, 5) is 0. The van der Waals surface area contributed by atoms with Gasteiger partial charge in [-0.15, -0.1) is 0 Å². The maximum Gasteiger partial charge on any atom is 0.0894 e. The summed E-state index contributed by atoms with van der Waals surface area (Å²) >= 11 is 0. The fourth-order valence-corrected chi connectivity index (χ4v) is 0.937. The normalized spacial score (nSPS) is 13.2. The number of hydrogen-bond donors (Lipinski definition) is 3. The highest BCUT2D eigenvalue weighted by molar-refractivity contribution is 4.57. The molecule has 0 aliphatic heterocycles. The summed E-state index contributed by atoms with van der Waals surface area (Å²) in [7, 11) is 0. The standard InChI is InChI=1S/C9H20NO2/c1-2-3-4-5-6-10-7-9(12)8-11/h9-12H,1-8H2. The summed E-state index contributed by atoms with van der Waals surface area (Å²) in [6, 6.07) is 0. The van der Waals surface area contributed by atoms with Crippen molar-refractivity contribution < 1.29 is 10.2 Å². The van der Waals surface area contributed by atoms with E-state index >= 15 is 0 Å². The van der Waals surface area contributed by atoms with Gasteiger partial charge in [0, 0.05) is 6.54 Å². The second-order valence-electron chi connectivity index (χ2n) is 2.95. The molecular weight excluding hydrogens is 154 g/mol. The molecule has 0 aromatic carbocycles. The maximum atomic E-state index is 8.94. The predicted molar refractivity (Wildman–Crippen MR) is 49.8 cm³/mol. The van der Waals surface area contributed by atoms with E-state index in [0.29, 0.717) is 6.54 Å². The van der Waals surface area contributed by atoms with Gasteiger partial charge in [-0.25, -0.2) is 0 Å². The topological polar surface area (TPSA) is 52.5 Å². The van der Waals surface area contributed by atoms with E-state index in [1.54, 1.807) is 0 Å². The molecule has 0 heterocycles. The molecule has 0 fully saturated rings. The van der Waals surface area contributed by atoms with Crippen LogP contribution in [-0.2, 0) is 0 Å². The number of unbranched alkanes of at least 4 members (excludes halogenated alkanes) is 3. The Labute approximate surface area is 74.8 Å². The average Bonchev–Trinajstić information content (AvgIpc) is 2.10. The van der Waals surface area contributed by atoms with Crippen molar-refractivity contribution in [1.29, 1.82) is 0 Å². The Morgan fingerprint density at radius 3 is 2.58 bits per heavy atom. The van der Waals surface area contributed by atoms with Gasteiger partial charge in [0.1, 0.15) is 0 Å². The fourth-order valence-electron chi connectivity index (χ4n) is 0.937. The summed E-state index contributed by atoms with van der Waals surface area (Å²) in [5, 5.41) is 20.5. The van der Waals surface area contributed by atoms with Gasteiger partial charge in [-0.2, -0.15) is 0 Å². The molecule has 12 heavy (non-hydrogen) atoms. The Hall–Kier alpha value is -0.120. The predicted octanol–water partition coefficient (Wildman–Crippen LogP) is 0.324. The molecule has 1 atom stereocenters. The van der Waals surface area contributed by atoms with Gasteiger partial charge in [-0.05, 0) is 13.0 Å². The van der Waals surface area contributed by atoms with Gasteiger partial charge in [0.25, 0.3) is 0 Å². The number of aliphatic hydroxyl groups excluding tert-OH is 2. The SMILES string of the molecule is [CH2]CCCCCNCC(O)CO. The number of rotatable bonds is 8. The Morgan fingerprint density at radius 1 is 1.25 bits per heavy atom. The van der Waals surface area contributed by atoms with E-state index in [2.05, 4.69) is 12.2 Å². The van der Waals surface area contributed by atoms with Gasteiger partial charge in [-0.3, -0.25) is 0 Å². The minimum absolute atomic E-state index is 0.161. The molecule has 1 unspecified atom stereocenters. The lowest BCUT2D eigenvalue weighted by atomic mass is 10.2.